The lowest BCUT2D eigenvalue weighted by Gasteiger charge is -2.14. The third kappa shape index (κ3) is 5.86. The van der Waals surface area contributed by atoms with E-state index in [1.807, 2.05) is 0 Å². The molecule has 0 amide bonds. The first-order chi connectivity index (χ1) is 18.9. The monoisotopic (exact) mass is 618 g/mol. The summed E-state index contributed by atoms with van der Waals surface area (Å²) in [6.45, 7) is 1.35. The van der Waals surface area contributed by atoms with E-state index >= 15 is 0 Å². The van der Waals surface area contributed by atoms with Crippen LogP contribution >= 0.6 is 15.9 Å². The first-order valence-corrected chi connectivity index (χ1v) is 12.2. The summed E-state index contributed by atoms with van der Waals surface area (Å²) in [5, 5.41) is 16.1. The van der Waals surface area contributed by atoms with Crippen LogP contribution in [0, 0.1) is 10.1 Å². The number of carbonyl (C=O) groups excluding carboxylic acids is 1. The second-order valence-electron chi connectivity index (χ2n) is 8.28. The van der Waals surface area contributed by atoms with E-state index in [4.69, 9.17) is 4.74 Å². The lowest BCUT2D eigenvalue weighted by Crippen LogP contribution is -2.25. The van der Waals surface area contributed by atoms with Crippen LogP contribution in [0.15, 0.2) is 75.0 Å². The molecule has 1 atom stereocenters. The van der Waals surface area contributed by atoms with Gasteiger partial charge in [0, 0.05) is 17.2 Å². The summed E-state index contributed by atoms with van der Waals surface area (Å²) in [4.78, 5) is 40.5. The first kappa shape index (κ1) is 28.4. The molecule has 0 spiro atoms. The number of nitro groups is 1. The molecule has 0 unspecified atom stereocenters. The van der Waals surface area contributed by atoms with Crippen LogP contribution in [0.25, 0.3) is 22.3 Å². The fourth-order valence-corrected chi connectivity index (χ4v) is 4.25. The van der Waals surface area contributed by atoms with Gasteiger partial charge in [-0.05, 0) is 53.2 Å². The Morgan fingerprint density at radius 3 is 2.58 bits per heavy atom. The number of halogens is 4. The number of ether oxygens (including phenoxy) is 2. The third-order valence-electron chi connectivity index (χ3n) is 5.59. The molecule has 40 heavy (non-hydrogen) atoms. The number of hydrogen-bond donors (Lipinski definition) is 0. The number of nitrogens with zero attached hydrogens (tertiary/aromatic N) is 4. The van der Waals surface area contributed by atoms with Crippen molar-refractivity contribution in [2.24, 2.45) is 5.10 Å². The standard InChI is InChI=1S/C26H18BrF3N4O6/c1-14(25(36)39-2)40-22-19(27)10-15(11-21(22)34(37)38)13-31-33-23(16-6-5-7-17(12-16)26(28,29)30)32-20-9-4-3-8-18(20)24(33)35/h3-14H,1-2H3/t14-/m0/s1. The molecule has 0 saturated carbocycles. The van der Waals surface area contributed by atoms with E-state index in [2.05, 4.69) is 30.8 Å². The van der Waals surface area contributed by atoms with Crippen molar-refractivity contribution in [1.82, 2.24) is 9.66 Å². The number of alkyl halides is 3. The Balaban J connectivity index is 1.86. The summed E-state index contributed by atoms with van der Waals surface area (Å²) in [6, 6.07) is 13.0. The Morgan fingerprint density at radius 1 is 1.18 bits per heavy atom. The highest BCUT2D eigenvalue weighted by Crippen LogP contribution is 2.37. The maximum Gasteiger partial charge on any atom is 0.416 e. The molecule has 1 heterocycles. The number of methoxy groups -OCH3 is 1. The Bertz CT molecular complexity index is 1720. The van der Waals surface area contributed by atoms with Gasteiger partial charge in [-0.1, -0.05) is 24.3 Å². The van der Waals surface area contributed by atoms with E-state index in [1.54, 1.807) is 12.1 Å². The van der Waals surface area contributed by atoms with Crippen LogP contribution in [0.1, 0.15) is 18.1 Å². The number of benzene rings is 3. The van der Waals surface area contributed by atoms with Gasteiger partial charge in [-0.2, -0.15) is 22.9 Å². The molecule has 0 N–H and O–H groups in total. The molecule has 0 radical (unpaired) electrons. The molecular weight excluding hydrogens is 601 g/mol. The lowest BCUT2D eigenvalue weighted by molar-refractivity contribution is -0.386. The smallest absolute Gasteiger partial charge is 0.416 e. The molecule has 0 aliphatic carbocycles. The van der Waals surface area contributed by atoms with Gasteiger partial charge in [0.05, 0.1) is 39.2 Å². The maximum atomic E-state index is 13.4. The highest BCUT2D eigenvalue weighted by atomic mass is 79.9. The Hall–Kier alpha value is -4.59. The number of hydrogen-bond acceptors (Lipinski definition) is 8. The minimum absolute atomic E-state index is 0.0254. The SMILES string of the molecule is COC(=O)[C@H](C)Oc1c(Br)cc(C=Nn2c(-c3cccc(C(F)(F)F)c3)nc3ccccc3c2=O)cc1[N+](=O)[O-]. The highest BCUT2D eigenvalue weighted by molar-refractivity contribution is 9.10. The zero-order valence-electron chi connectivity index (χ0n) is 20.7. The molecule has 206 valence electrons. The quantitative estimate of drug-likeness (QED) is 0.115. The van der Waals surface area contributed by atoms with Crippen molar-refractivity contribution in [1.29, 1.82) is 0 Å². The molecule has 10 nitrogen and oxygen atoms in total. The summed E-state index contributed by atoms with van der Waals surface area (Å²) in [5.74, 6) is -1.17. The number of para-hydroxylation sites is 1. The van der Waals surface area contributed by atoms with Crippen molar-refractivity contribution in [2.75, 3.05) is 7.11 Å². The molecule has 4 aromatic rings. The largest absolute Gasteiger partial charge is 0.471 e. The minimum atomic E-state index is -4.64. The van der Waals surface area contributed by atoms with Crippen molar-refractivity contribution >= 4 is 44.7 Å². The van der Waals surface area contributed by atoms with Crippen LogP contribution in [0.5, 0.6) is 5.75 Å². The van der Waals surface area contributed by atoms with Gasteiger partial charge in [-0.25, -0.2) is 9.78 Å². The lowest BCUT2D eigenvalue weighted by atomic mass is 10.1. The average Bonchev–Trinajstić information content (AvgIpc) is 2.92. The molecular formula is C26H18BrF3N4O6. The van der Waals surface area contributed by atoms with Crippen LogP contribution in [0.2, 0.25) is 0 Å². The zero-order valence-corrected chi connectivity index (χ0v) is 22.3. The molecule has 0 aliphatic rings. The van der Waals surface area contributed by atoms with Crippen LogP contribution in [0.4, 0.5) is 18.9 Å². The first-order valence-electron chi connectivity index (χ1n) is 11.4. The Kier molecular flexibility index (Phi) is 8.00. The normalized spacial score (nSPS) is 12.4. The van der Waals surface area contributed by atoms with Gasteiger partial charge >= 0.3 is 17.8 Å². The van der Waals surface area contributed by atoms with Crippen molar-refractivity contribution in [3.8, 4) is 17.1 Å². The van der Waals surface area contributed by atoms with Crippen LogP contribution in [-0.4, -0.2) is 40.0 Å². The van der Waals surface area contributed by atoms with Gasteiger partial charge in [0.25, 0.3) is 5.56 Å². The number of aromatic nitrogens is 2. The van der Waals surface area contributed by atoms with E-state index in [0.29, 0.717) is 0 Å². The molecule has 3 aromatic carbocycles. The Morgan fingerprint density at radius 2 is 1.90 bits per heavy atom. The molecule has 4 rings (SSSR count). The maximum absolute atomic E-state index is 13.4. The number of carbonyl (C=O) groups is 1. The molecule has 1 aromatic heterocycles. The second-order valence-corrected chi connectivity index (χ2v) is 9.14. The number of rotatable bonds is 7. The predicted octanol–water partition coefficient (Wildman–Crippen LogP) is 5.58. The van der Waals surface area contributed by atoms with Gasteiger partial charge in [-0.3, -0.25) is 14.9 Å². The fraction of sp³-hybridized carbons (Fsp3) is 0.154. The van der Waals surface area contributed by atoms with Crippen molar-refractivity contribution in [3.05, 3.63) is 96.7 Å². The fourth-order valence-electron chi connectivity index (χ4n) is 3.69. The second kappa shape index (κ2) is 11.3. The molecule has 0 saturated heterocycles. The predicted molar refractivity (Wildman–Crippen MR) is 142 cm³/mol. The summed E-state index contributed by atoms with van der Waals surface area (Å²) >= 11 is 3.19. The van der Waals surface area contributed by atoms with Crippen LogP contribution in [-0.2, 0) is 15.7 Å². The zero-order chi connectivity index (χ0) is 29.2. The molecule has 0 fully saturated rings. The summed E-state index contributed by atoms with van der Waals surface area (Å²) in [5.41, 5.74) is -1.79. The summed E-state index contributed by atoms with van der Waals surface area (Å²) in [6.07, 6.45) is -4.68. The molecule has 0 aliphatic heterocycles. The van der Waals surface area contributed by atoms with E-state index in [1.165, 1.54) is 37.3 Å². The van der Waals surface area contributed by atoms with Crippen LogP contribution < -0.4 is 10.3 Å². The molecule has 14 heteroatoms. The van der Waals surface area contributed by atoms with E-state index in [0.717, 1.165) is 36.2 Å². The van der Waals surface area contributed by atoms with E-state index in [-0.39, 0.29) is 38.1 Å². The van der Waals surface area contributed by atoms with E-state index < -0.39 is 40.0 Å². The van der Waals surface area contributed by atoms with Crippen molar-refractivity contribution in [3.63, 3.8) is 0 Å². The van der Waals surface area contributed by atoms with E-state index in [9.17, 15) is 32.9 Å². The number of fused-ring (bicyclic) bond motifs is 1. The molecule has 0 bridgehead atoms. The highest BCUT2D eigenvalue weighted by Gasteiger charge is 2.31. The van der Waals surface area contributed by atoms with Gasteiger partial charge < -0.3 is 9.47 Å². The Labute approximate surface area is 231 Å². The topological polar surface area (TPSA) is 126 Å². The van der Waals surface area contributed by atoms with Gasteiger partial charge in [0.1, 0.15) is 0 Å². The van der Waals surface area contributed by atoms with Gasteiger partial charge in [0.2, 0.25) is 5.75 Å². The summed E-state index contributed by atoms with van der Waals surface area (Å²) in [7, 11) is 1.14. The number of nitro benzene ring substituents is 1. The third-order valence-corrected chi connectivity index (χ3v) is 6.18. The van der Waals surface area contributed by atoms with Crippen molar-refractivity contribution < 1.29 is 32.4 Å². The van der Waals surface area contributed by atoms with Crippen molar-refractivity contribution in [2.45, 2.75) is 19.2 Å². The average molecular weight is 619 g/mol. The summed E-state index contributed by atoms with van der Waals surface area (Å²) < 4.78 is 51.1. The number of esters is 1. The van der Waals surface area contributed by atoms with Gasteiger partial charge in [0.15, 0.2) is 11.9 Å². The van der Waals surface area contributed by atoms with Gasteiger partial charge in [-0.15, -0.1) is 0 Å². The minimum Gasteiger partial charge on any atom is -0.471 e. The van der Waals surface area contributed by atoms with Crippen LogP contribution in [0.3, 0.4) is 0 Å².